The minimum atomic E-state index is 0.116. The van der Waals surface area contributed by atoms with Crippen molar-refractivity contribution in [2.45, 2.75) is 52.1 Å². The second-order valence-electron chi connectivity index (χ2n) is 3.77. The van der Waals surface area contributed by atoms with E-state index >= 15 is 0 Å². The maximum Gasteiger partial charge on any atom is 0.0495 e. The molecule has 0 aromatic carbocycles. The van der Waals surface area contributed by atoms with Crippen LogP contribution in [0.15, 0.2) is 0 Å². The SMILES string of the molecule is CCCCP(CCCC)C(C)CO. The molecule has 80 valence electrons. The molecular formula is C11H25OP. The Hall–Kier alpha value is 0.390. The fourth-order valence-corrected chi connectivity index (χ4v) is 4.17. The minimum absolute atomic E-state index is 0.116. The third-order valence-electron chi connectivity index (χ3n) is 2.49. The Balaban J connectivity index is 3.72. The van der Waals surface area contributed by atoms with E-state index in [9.17, 15) is 0 Å². The molecule has 0 aromatic rings. The van der Waals surface area contributed by atoms with Gasteiger partial charge < -0.3 is 5.11 Å². The Labute approximate surface area is 84.7 Å². The molecule has 0 fully saturated rings. The molecule has 2 heteroatoms. The third kappa shape index (κ3) is 6.46. The van der Waals surface area contributed by atoms with E-state index in [1.54, 1.807) is 0 Å². The fraction of sp³-hybridized carbons (Fsp3) is 1.00. The monoisotopic (exact) mass is 204 g/mol. The highest BCUT2D eigenvalue weighted by molar-refractivity contribution is 7.58. The minimum Gasteiger partial charge on any atom is -0.396 e. The van der Waals surface area contributed by atoms with Crippen LogP contribution in [-0.2, 0) is 0 Å². The molecule has 0 aliphatic carbocycles. The van der Waals surface area contributed by atoms with E-state index in [2.05, 4.69) is 20.8 Å². The van der Waals surface area contributed by atoms with Crippen molar-refractivity contribution < 1.29 is 5.11 Å². The topological polar surface area (TPSA) is 20.2 Å². The van der Waals surface area contributed by atoms with Gasteiger partial charge in [0.05, 0.1) is 0 Å². The Morgan fingerprint density at radius 3 is 1.85 bits per heavy atom. The molecule has 0 aliphatic heterocycles. The number of hydrogen-bond acceptors (Lipinski definition) is 1. The second-order valence-corrected chi connectivity index (χ2v) is 6.73. The van der Waals surface area contributed by atoms with Gasteiger partial charge in [0.2, 0.25) is 0 Å². The first-order valence-electron chi connectivity index (χ1n) is 5.61. The van der Waals surface area contributed by atoms with Gasteiger partial charge in [-0.3, -0.25) is 0 Å². The Bertz CT molecular complexity index is 98.3. The summed E-state index contributed by atoms with van der Waals surface area (Å²) in [6.45, 7) is 7.09. The molecule has 0 heterocycles. The second kappa shape index (κ2) is 8.97. The van der Waals surface area contributed by atoms with Gasteiger partial charge in [-0.15, -0.1) is 7.92 Å². The summed E-state index contributed by atoms with van der Waals surface area (Å²) in [5, 5.41) is 9.12. The summed E-state index contributed by atoms with van der Waals surface area (Å²) in [4.78, 5) is 0. The lowest BCUT2D eigenvalue weighted by atomic mass is 10.4. The van der Waals surface area contributed by atoms with E-state index in [1.165, 1.54) is 38.0 Å². The zero-order chi connectivity index (χ0) is 10.1. The molecule has 13 heavy (non-hydrogen) atoms. The maximum atomic E-state index is 9.12. The van der Waals surface area contributed by atoms with Crippen LogP contribution in [-0.4, -0.2) is 29.7 Å². The predicted molar refractivity (Wildman–Crippen MR) is 63.0 cm³/mol. The number of unbranched alkanes of at least 4 members (excludes halogenated alkanes) is 2. The molecule has 1 unspecified atom stereocenters. The van der Waals surface area contributed by atoms with Crippen molar-refractivity contribution in [3.8, 4) is 0 Å². The van der Waals surface area contributed by atoms with E-state index < -0.39 is 0 Å². The van der Waals surface area contributed by atoms with Gasteiger partial charge in [0.1, 0.15) is 0 Å². The van der Waals surface area contributed by atoms with Crippen LogP contribution in [0.1, 0.15) is 46.5 Å². The van der Waals surface area contributed by atoms with Gasteiger partial charge in [-0.25, -0.2) is 0 Å². The predicted octanol–water partition coefficient (Wildman–Crippen LogP) is 3.45. The maximum absolute atomic E-state index is 9.12. The van der Waals surface area contributed by atoms with E-state index in [0.717, 1.165) is 0 Å². The van der Waals surface area contributed by atoms with Crippen molar-refractivity contribution in [1.29, 1.82) is 0 Å². The summed E-state index contributed by atoms with van der Waals surface area (Å²) in [6.07, 6.45) is 8.02. The van der Waals surface area contributed by atoms with Crippen LogP contribution in [0.3, 0.4) is 0 Å². The third-order valence-corrected chi connectivity index (χ3v) is 5.68. The summed E-state index contributed by atoms with van der Waals surface area (Å²) in [7, 11) is 0.116. The van der Waals surface area contributed by atoms with Crippen LogP contribution in [0.25, 0.3) is 0 Å². The highest BCUT2D eigenvalue weighted by Crippen LogP contribution is 2.42. The molecule has 1 nitrogen and oxygen atoms in total. The van der Waals surface area contributed by atoms with Crippen molar-refractivity contribution in [3.63, 3.8) is 0 Å². The first-order valence-corrected chi connectivity index (χ1v) is 7.39. The molecule has 1 N–H and O–H groups in total. The zero-order valence-electron chi connectivity index (χ0n) is 9.42. The summed E-state index contributed by atoms with van der Waals surface area (Å²) in [6, 6.07) is 0. The van der Waals surface area contributed by atoms with Crippen molar-refractivity contribution in [2.24, 2.45) is 0 Å². The molecule has 0 saturated carbocycles. The average Bonchev–Trinajstić information content (AvgIpc) is 2.17. The highest BCUT2D eigenvalue weighted by Gasteiger charge is 2.14. The quantitative estimate of drug-likeness (QED) is 0.600. The molecule has 0 aliphatic rings. The lowest BCUT2D eigenvalue weighted by Crippen LogP contribution is -2.10. The summed E-state index contributed by atoms with van der Waals surface area (Å²) >= 11 is 0. The van der Waals surface area contributed by atoms with Gasteiger partial charge in [-0.1, -0.05) is 33.6 Å². The summed E-state index contributed by atoms with van der Waals surface area (Å²) < 4.78 is 0. The Morgan fingerprint density at radius 1 is 1.08 bits per heavy atom. The van der Waals surface area contributed by atoms with Gasteiger partial charge in [-0.05, 0) is 30.8 Å². The van der Waals surface area contributed by atoms with Crippen LogP contribution >= 0.6 is 7.92 Å². The average molecular weight is 204 g/mol. The molecule has 0 spiro atoms. The number of hydrogen-bond donors (Lipinski definition) is 1. The van der Waals surface area contributed by atoms with Crippen LogP contribution < -0.4 is 0 Å². The first-order chi connectivity index (χ1) is 6.26. The van der Waals surface area contributed by atoms with E-state index in [-0.39, 0.29) is 7.92 Å². The lowest BCUT2D eigenvalue weighted by molar-refractivity contribution is 0.298. The van der Waals surface area contributed by atoms with Crippen LogP contribution in [0.4, 0.5) is 0 Å². The van der Waals surface area contributed by atoms with E-state index in [4.69, 9.17) is 5.11 Å². The molecule has 0 saturated heterocycles. The van der Waals surface area contributed by atoms with Crippen LogP contribution in [0, 0.1) is 0 Å². The molecule has 0 bridgehead atoms. The smallest absolute Gasteiger partial charge is 0.0495 e. The Morgan fingerprint density at radius 2 is 1.54 bits per heavy atom. The molecule has 0 aromatic heterocycles. The largest absolute Gasteiger partial charge is 0.396 e. The molecule has 0 amide bonds. The van der Waals surface area contributed by atoms with Gasteiger partial charge in [0.25, 0.3) is 0 Å². The highest BCUT2D eigenvalue weighted by atomic mass is 31.1. The number of aliphatic hydroxyl groups is 1. The van der Waals surface area contributed by atoms with Crippen molar-refractivity contribution >= 4 is 7.92 Å². The van der Waals surface area contributed by atoms with Crippen LogP contribution in [0.2, 0.25) is 0 Å². The lowest BCUT2D eigenvalue weighted by Gasteiger charge is -2.22. The van der Waals surface area contributed by atoms with Crippen molar-refractivity contribution in [1.82, 2.24) is 0 Å². The van der Waals surface area contributed by atoms with Crippen LogP contribution in [0.5, 0.6) is 0 Å². The van der Waals surface area contributed by atoms with Crippen molar-refractivity contribution in [2.75, 3.05) is 18.9 Å². The number of rotatable bonds is 8. The van der Waals surface area contributed by atoms with Gasteiger partial charge in [0.15, 0.2) is 0 Å². The standard InChI is InChI=1S/C11H25OP/c1-4-6-8-13(9-7-5-2)11(3)10-12/h11-12H,4-10H2,1-3H3. The van der Waals surface area contributed by atoms with Gasteiger partial charge in [-0.2, -0.15) is 0 Å². The molecule has 0 rings (SSSR count). The van der Waals surface area contributed by atoms with Crippen molar-refractivity contribution in [3.05, 3.63) is 0 Å². The normalized spacial score (nSPS) is 13.6. The first kappa shape index (κ1) is 13.4. The summed E-state index contributed by atoms with van der Waals surface area (Å²) in [5.74, 6) is 0. The molecule has 0 radical (unpaired) electrons. The van der Waals surface area contributed by atoms with E-state index in [1.807, 2.05) is 0 Å². The Kier molecular flexibility index (Phi) is 9.23. The van der Waals surface area contributed by atoms with Gasteiger partial charge >= 0.3 is 0 Å². The van der Waals surface area contributed by atoms with E-state index in [0.29, 0.717) is 12.3 Å². The number of aliphatic hydroxyl groups excluding tert-OH is 1. The van der Waals surface area contributed by atoms with Gasteiger partial charge in [0, 0.05) is 6.61 Å². The molecule has 1 atom stereocenters. The molecular weight excluding hydrogens is 179 g/mol. The summed E-state index contributed by atoms with van der Waals surface area (Å²) in [5.41, 5.74) is 0.563. The fourth-order valence-electron chi connectivity index (χ4n) is 1.39. The zero-order valence-corrected chi connectivity index (χ0v) is 10.3.